The number of pyridine rings is 1. The maximum Gasteiger partial charge on any atom is 0.0940 e. The van der Waals surface area contributed by atoms with Gasteiger partial charge in [-0.2, -0.15) is 0 Å². The van der Waals surface area contributed by atoms with Gasteiger partial charge in [-0.15, -0.1) is 0 Å². The van der Waals surface area contributed by atoms with Crippen LogP contribution in [-0.2, 0) is 11.2 Å². The Morgan fingerprint density at radius 1 is 1.32 bits per heavy atom. The highest BCUT2D eigenvalue weighted by Gasteiger charge is 2.43. The topological polar surface area (TPSA) is 42.4 Å². The fraction of sp³-hybridized carbons (Fsp3) is 0.688. The number of hydrogen-bond donors (Lipinski definition) is 1. The normalized spacial score (nSPS) is 22.9. The van der Waals surface area contributed by atoms with Gasteiger partial charge < -0.3 is 9.84 Å². The van der Waals surface area contributed by atoms with E-state index < -0.39 is 6.10 Å². The summed E-state index contributed by atoms with van der Waals surface area (Å²) in [6, 6.07) is 3.91. The molecule has 1 aliphatic rings. The smallest absolute Gasteiger partial charge is 0.0940 e. The third-order valence-electron chi connectivity index (χ3n) is 4.62. The van der Waals surface area contributed by atoms with Gasteiger partial charge in [0.2, 0.25) is 0 Å². The van der Waals surface area contributed by atoms with Gasteiger partial charge in [0.1, 0.15) is 0 Å². The molecular formula is C16H25NO2. The van der Waals surface area contributed by atoms with Crippen LogP contribution in [0.5, 0.6) is 0 Å². The standard InChI is InChI=1S/C16H25NO2/c1-15(2)6-8-16(19-3,9-7-15)14(18)11-13-5-4-10-17-12-13/h4-5,10,12,14,18H,6-9,11H2,1-3H3. The van der Waals surface area contributed by atoms with E-state index in [0.717, 1.165) is 31.2 Å². The van der Waals surface area contributed by atoms with Crippen molar-refractivity contribution in [2.45, 2.75) is 57.7 Å². The van der Waals surface area contributed by atoms with Gasteiger partial charge in [0, 0.05) is 25.9 Å². The lowest BCUT2D eigenvalue weighted by atomic mass is 9.68. The Bertz CT molecular complexity index is 392. The Kier molecular flexibility index (Phi) is 4.26. The summed E-state index contributed by atoms with van der Waals surface area (Å²) in [7, 11) is 1.73. The lowest BCUT2D eigenvalue weighted by Crippen LogP contribution is -2.49. The molecule has 2 rings (SSSR count). The summed E-state index contributed by atoms with van der Waals surface area (Å²) >= 11 is 0. The van der Waals surface area contributed by atoms with Crippen molar-refractivity contribution in [2.24, 2.45) is 5.41 Å². The lowest BCUT2D eigenvalue weighted by molar-refractivity contribution is -0.135. The molecule has 1 aliphatic carbocycles. The van der Waals surface area contributed by atoms with Gasteiger partial charge in [-0.1, -0.05) is 19.9 Å². The van der Waals surface area contributed by atoms with Crippen LogP contribution in [0.3, 0.4) is 0 Å². The minimum absolute atomic E-state index is 0.371. The van der Waals surface area contributed by atoms with Gasteiger partial charge in [-0.25, -0.2) is 0 Å². The molecule has 0 spiro atoms. The van der Waals surface area contributed by atoms with Crippen molar-refractivity contribution in [3.8, 4) is 0 Å². The minimum atomic E-state index is -0.460. The van der Waals surface area contributed by atoms with Crippen molar-refractivity contribution in [3.63, 3.8) is 0 Å². The maximum absolute atomic E-state index is 10.6. The molecule has 0 aliphatic heterocycles. The Hall–Kier alpha value is -0.930. The van der Waals surface area contributed by atoms with Crippen molar-refractivity contribution >= 4 is 0 Å². The van der Waals surface area contributed by atoms with E-state index in [1.165, 1.54) is 0 Å². The second-order valence-electron chi connectivity index (χ2n) is 6.51. The summed E-state index contributed by atoms with van der Waals surface area (Å²) in [5, 5.41) is 10.6. The average Bonchev–Trinajstić information content (AvgIpc) is 2.40. The quantitative estimate of drug-likeness (QED) is 0.908. The zero-order valence-corrected chi connectivity index (χ0v) is 12.2. The molecule has 1 aromatic rings. The van der Waals surface area contributed by atoms with E-state index >= 15 is 0 Å². The highest BCUT2D eigenvalue weighted by Crippen LogP contribution is 2.43. The summed E-state index contributed by atoms with van der Waals surface area (Å²) in [6.07, 6.45) is 7.79. The molecule has 3 nitrogen and oxygen atoms in total. The molecule has 1 unspecified atom stereocenters. The van der Waals surface area contributed by atoms with Crippen molar-refractivity contribution < 1.29 is 9.84 Å². The summed E-state index contributed by atoms with van der Waals surface area (Å²) in [5.41, 5.74) is 1.05. The first-order chi connectivity index (χ1) is 8.97. The molecule has 106 valence electrons. The van der Waals surface area contributed by atoms with Gasteiger partial charge in [0.15, 0.2) is 0 Å². The molecule has 0 radical (unpaired) electrons. The van der Waals surface area contributed by atoms with Crippen LogP contribution in [0.4, 0.5) is 0 Å². The Balaban J connectivity index is 2.05. The van der Waals surface area contributed by atoms with Crippen molar-refractivity contribution in [2.75, 3.05) is 7.11 Å². The number of aliphatic hydroxyl groups excluding tert-OH is 1. The van der Waals surface area contributed by atoms with Crippen LogP contribution >= 0.6 is 0 Å². The highest BCUT2D eigenvalue weighted by atomic mass is 16.5. The number of methoxy groups -OCH3 is 1. The van der Waals surface area contributed by atoms with Crippen LogP contribution in [0.15, 0.2) is 24.5 Å². The zero-order chi connectivity index (χ0) is 13.9. The van der Waals surface area contributed by atoms with E-state index in [-0.39, 0.29) is 5.60 Å². The Labute approximate surface area is 116 Å². The summed E-state index contributed by atoms with van der Waals surface area (Å²) in [4.78, 5) is 4.10. The average molecular weight is 263 g/mol. The van der Waals surface area contributed by atoms with E-state index in [9.17, 15) is 5.11 Å². The third-order valence-corrected chi connectivity index (χ3v) is 4.62. The van der Waals surface area contributed by atoms with Crippen LogP contribution in [0, 0.1) is 5.41 Å². The third kappa shape index (κ3) is 3.34. The minimum Gasteiger partial charge on any atom is -0.390 e. The zero-order valence-electron chi connectivity index (χ0n) is 12.2. The molecule has 0 aromatic carbocycles. The number of nitrogens with zero attached hydrogens (tertiary/aromatic N) is 1. The lowest BCUT2D eigenvalue weighted by Gasteiger charge is -2.45. The molecule has 3 heteroatoms. The molecule has 1 heterocycles. The number of aliphatic hydroxyl groups is 1. The second kappa shape index (κ2) is 5.59. The van der Waals surface area contributed by atoms with E-state index in [1.807, 2.05) is 18.3 Å². The number of hydrogen-bond acceptors (Lipinski definition) is 3. The van der Waals surface area contributed by atoms with Crippen LogP contribution < -0.4 is 0 Å². The van der Waals surface area contributed by atoms with Crippen molar-refractivity contribution in [3.05, 3.63) is 30.1 Å². The largest absolute Gasteiger partial charge is 0.390 e. The fourth-order valence-corrected chi connectivity index (χ4v) is 2.95. The predicted molar refractivity (Wildman–Crippen MR) is 75.9 cm³/mol. The molecule has 1 aromatic heterocycles. The number of aromatic nitrogens is 1. The first kappa shape index (κ1) is 14.5. The van der Waals surface area contributed by atoms with Gasteiger partial charge in [-0.05, 0) is 42.7 Å². The van der Waals surface area contributed by atoms with Crippen molar-refractivity contribution in [1.82, 2.24) is 4.98 Å². The van der Waals surface area contributed by atoms with Crippen LogP contribution in [0.25, 0.3) is 0 Å². The van der Waals surface area contributed by atoms with Crippen LogP contribution in [0.2, 0.25) is 0 Å². The fourth-order valence-electron chi connectivity index (χ4n) is 2.95. The molecule has 1 fully saturated rings. The highest BCUT2D eigenvalue weighted by molar-refractivity contribution is 5.12. The molecule has 19 heavy (non-hydrogen) atoms. The molecule has 0 bridgehead atoms. The van der Waals surface area contributed by atoms with Gasteiger partial charge in [0.05, 0.1) is 11.7 Å². The van der Waals surface area contributed by atoms with E-state index in [4.69, 9.17) is 4.74 Å². The van der Waals surface area contributed by atoms with Crippen LogP contribution in [0.1, 0.15) is 45.1 Å². The van der Waals surface area contributed by atoms with E-state index in [1.54, 1.807) is 13.3 Å². The van der Waals surface area contributed by atoms with Gasteiger partial charge >= 0.3 is 0 Å². The molecule has 1 atom stereocenters. The SMILES string of the molecule is COC1(C(O)Cc2cccnc2)CCC(C)(C)CC1. The Morgan fingerprint density at radius 2 is 2.00 bits per heavy atom. The van der Waals surface area contributed by atoms with Crippen LogP contribution in [-0.4, -0.2) is 28.9 Å². The van der Waals surface area contributed by atoms with E-state index in [2.05, 4.69) is 18.8 Å². The number of rotatable bonds is 4. The molecule has 1 saturated carbocycles. The van der Waals surface area contributed by atoms with Gasteiger partial charge in [-0.3, -0.25) is 4.98 Å². The first-order valence-electron chi connectivity index (χ1n) is 7.10. The predicted octanol–water partition coefficient (Wildman–Crippen LogP) is 2.97. The summed E-state index contributed by atoms with van der Waals surface area (Å²) < 4.78 is 5.74. The molecular weight excluding hydrogens is 238 g/mol. The van der Waals surface area contributed by atoms with Crippen molar-refractivity contribution in [1.29, 1.82) is 0 Å². The van der Waals surface area contributed by atoms with E-state index in [0.29, 0.717) is 11.8 Å². The summed E-state index contributed by atoms with van der Waals surface area (Å²) in [5.74, 6) is 0. The number of ether oxygens (including phenoxy) is 1. The molecule has 1 N–H and O–H groups in total. The molecule has 0 amide bonds. The summed E-state index contributed by atoms with van der Waals surface area (Å²) in [6.45, 7) is 4.58. The monoisotopic (exact) mass is 263 g/mol. The maximum atomic E-state index is 10.6. The second-order valence-corrected chi connectivity index (χ2v) is 6.51. The first-order valence-corrected chi connectivity index (χ1v) is 7.10. The molecule has 0 saturated heterocycles. The Morgan fingerprint density at radius 3 is 2.53 bits per heavy atom. The van der Waals surface area contributed by atoms with Gasteiger partial charge in [0.25, 0.3) is 0 Å².